The smallest absolute Gasteiger partial charge is 0.265 e. The summed E-state index contributed by atoms with van der Waals surface area (Å²) in [5.74, 6) is -0.431. The molecule has 0 saturated carbocycles. The highest BCUT2D eigenvalue weighted by Crippen LogP contribution is 2.40. The van der Waals surface area contributed by atoms with Crippen molar-refractivity contribution >= 4 is 11.6 Å². The van der Waals surface area contributed by atoms with Crippen LogP contribution in [-0.4, -0.2) is 20.8 Å². The monoisotopic (exact) mass is 243 g/mol. The van der Waals surface area contributed by atoms with Gasteiger partial charge in [-0.2, -0.15) is 5.10 Å². The fraction of sp³-hybridized carbons (Fsp3) is 0.231. The van der Waals surface area contributed by atoms with Crippen LogP contribution in [0.3, 0.4) is 0 Å². The highest BCUT2D eigenvalue weighted by molar-refractivity contribution is 6.07. The van der Waals surface area contributed by atoms with Crippen LogP contribution in [0.15, 0.2) is 36.7 Å². The van der Waals surface area contributed by atoms with Crippen molar-refractivity contribution in [2.45, 2.75) is 19.1 Å². The van der Waals surface area contributed by atoms with E-state index in [0.717, 1.165) is 0 Å². The second-order valence-electron chi connectivity index (χ2n) is 4.29. The number of amides is 1. The van der Waals surface area contributed by atoms with Crippen LogP contribution in [0.5, 0.6) is 0 Å². The molecule has 18 heavy (non-hydrogen) atoms. The zero-order valence-electron chi connectivity index (χ0n) is 9.92. The quantitative estimate of drug-likeness (QED) is 0.829. The molecule has 1 aromatic heterocycles. The van der Waals surface area contributed by atoms with E-state index in [0.29, 0.717) is 23.4 Å². The lowest BCUT2D eigenvalue weighted by Crippen LogP contribution is -2.35. The first-order chi connectivity index (χ1) is 8.66. The summed E-state index contributed by atoms with van der Waals surface area (Å²) in [6.07, 6.45) is 3.23. The molecule has 2 heterocycles. The molecule has 5 nitrogen and oxygen atoms in total. The minimum absolute atomic E-state index is 0.431. The molecule has 0 aliphatic carbocycles. The highest BCUT2D eigenvalue weighted by atomic mass is 16.3. The Labute approximate surface area is 104 Å². The Balaban J connectivity index is 2.17. The molecule has 0 saturated heterocycles. The van der Waals surface area contributed by atoms with Crippen LogP contribution in [-0.2, 0) is 16.9 Å². The number of rotatable bonds is 2. The number of para-hydroxylation sites is 1. The molecule has 2 aromatic rings. The molecule has 0 bridgehead atoms. The average molecular weight is 243 g/mol. The van der Waals surface area contributed by atoms with Gasteiger partial charge in [0.05, 0.1) is 6.20 Å². The van der Waals surface area contributed by atoms with Crippen LogP contribution in [0.1, 0.15) is 18.1 Å². The molecule has 5 heteroatoms. The Morgan fingerprint density at radius 1 is 1.44 bits per heavy atom. The summed E-state index contributed by atoms with van der Waals surface area (Å²) in [5.41, 5.74) is 0.0796. The van der Waals surface area contributed by atoms with E-state index in [4.69, 9.17) is 0 Å². The number of hydrogen-bond acceptors (Lipinski definition) is 3. The first kappa shape index (κ1) is 11.0. The molecule has 2 N–H and O–H groups in total. The Kier molecular flexibility index (Phi) is 2.24. The molecule has 0 fully saturated rings. The number of aryl methyl sites for hydroxylation is 1. The van der Waals surface area contributed by atoms with E-state index in [2.05, 4.69) is 10.4 Å². The Hall–Kier alpha value is -2.14. The number of carbonyl (C=O) groups is 1. The third kappa shape index (κ3) is 1.31. The molecule has 1 amide bonds. The van der Waals surface area contributed by atoms with Gasteiger partial charge in [-0.15, -0.1) is 0 Å². The van der Waals surface area contributed by atoms with E-state index < -0.39 is 11.5 Å². The number of nitrogens with one attached hydrogen (secondary N) is 1. The van der Waals surface area contributed by atoms with Crippen molar-refractivity contribution < 1.29 is 9.90 Å². The molecule has 92 valence electrons. The molecule has 1 aliphatic rings. The molecule has 3 rings (SSSR count). The van der Waals surface area contributed by atoms with Gasteiger partial charge in [-0.1, -0.05) is 18.2 Å². The van der Waals surface area contributed by atoms with Gasteiger partial charge in [0, 0.05) is 29.6 Å². The van der Waals surface area contributed by atoms with Crippen LogP contribution in [0, 0.1) is 0 Å². The van der Waals surface area contributed by atoms with Crippen molar-refractivity contribution in [3.63, 3.8) is 0 Å². The van der Waals surface area contributed by atoms with Gasteiger partial charge < -0.3 is 10.4 Å². The van der Waals surface area contributed by atoms with Crippen LogP contribution in [0.4, 0.5) is 5.69 Å². The summed E-state index contributed by atoms with van der Waals surface area (Å²) < 4.78 is 1.68. The summed E-state index contributed by atoms with van der Waals surface area (Å²) in [4.78, 5) is 12.1. The second kappa shape index (κ2) is 3.68. The SMILES string of the molecule is CCn1cc(C2(O)C(=O)Nc3ccccc32)cn1. The lowest BCUT2D eigenvalue weighted by atomic mass is 9.90. The maximum Gasteiger partial charge on any atom is 0.265 e. The van der Waals surface area contributed by atoms with Crippen molar-refractivity contribution in [3.8, 4) is 0 Å². The topological polar surface area (TPSA) is 67.2 Å². The Morgan fingerprint density at radius 3 is 2.94 bits per heavy atom. The van der Waals surface area contributed by atoms with Crippen molar-refractivity contribution in [1.29, 1.82) is 0 Å². The van der Waals surface area contributed by atoms with Crippen LogP contribution in [0.2, 0.25) is 0 Å². The average Bonchev–Trinajstić information content (AvgIpc) is 2.95. The normalized spacial score (nSPS) is 21.8. The van der Waals surface area contributed by atoms with E-state index in [1.165, 1.54) is 6.20 Å². The van der Waals surface area contributed by atoms with Crippen LogP contribution < -0.4 is 5.32 Å². The fourth-order valence-corrected chi connectivity index (χ4v) is 2.25. The highest BCUT2D eigenvalue weighted by Gasteiger charge is 2.47. The van der Waals surface area contributed by atoms with Gasteiger partial charge in [-0.3, -0.25) is 9.48 Å². The zero-order valence-corrected chi connectivity index (χ0v) is 9.92. The van der Waals surface area contributed by atoms with Crippen molar-refractivity contribution in [2.75, 3.05) is 5.32 Å². The van der Waals surface area contributed by atoms with Gasteiger partial charge in [0.15, 0.2) is 5.60 Å². The lowest BCUT2D eigenvalue weighted by Gasteiger charge is -2.18. The van der Waals surface area contributed by atoms with Gasteiger partial charge in [0.2, 0.25) is 0 Å². The molecule has 1 aromatic carbocycles. The number of nitrogens with zero attached hydrogens (tertiary/aromatic N) is 2. The minimum Gasteiger partial charge on any atom is -0.372 e. The number of benzene rings is 1. The maximum absolute atomic E-state index is 12.1. The molecule has 1 unspecified atom stereocenters. The predicted molar refractivity (Wildman–Crippen MR) is 66.0 cm³/mol. The third-order valence-electron chi connectivity index (χ3n) is 3.27. The summed E-state index contributed by atoms with van der Waals surface area (Å²) in [6.45, 7) is 2.64. The Bertz CT molecular complexity index is 620. The molecule has 0 radical (unpaired) electrons. The first-order valence-electron chi connectivity index (χ1n) is 5.82. The van der Waals surface area contributed by atoms with E-state index in [1.54, 1.807) is 29.1 Å². The maximum atomic E-state index is 12.1. The minimum atomic E-state index is -1.63. The molecule has 1 aliphatic heterocycles. The first-order valence-corrected chi connectivity index (χ1v) is 5.82. The van der Waals surface area contributed by atoms with E-state index in [-0.39, 0.29) is 0 Å². The summed E-state index contributed by atoms with van der Waals surface area (Å²) in [5, 5.41) is 17.5. The van der Waals surface area contributed by atoms with Gasteiger partial charge in [0.25, 0.3) is 5.91 Å². The van der Waals surface area contributed by atoms with E-state index >= 15 is 0 Å². The number of hydrogen-bond donors (Lipinski definition) is 2. The van der Waals surface area contributed by atoms with E-state index in [9.17, 15) is 9.90 Å². The molecular formula is C13H13N3O2. The molecular weight excluding hydrogens is 230 g/mol. The second-order valence-corrected chi connectivity index (χ2v) is 4.29. The fourth-order valence-electron chi connectivity index (χ4n) is 2.25. The zero-order chi connectivity index (χ0) is 12.8. The van der Waals surface area contributed by atoms with Gasteiger partial charge in [0.1, 0.15) is 0 Å². The number of aliphatic hydroxyl groups is 1. The van der Waals surface area contributed by atoms with Crippen LogP contribution >= 0.6 is 0 Å². The summed E-state index contributed by atoms with van der Waals surface area (Å²) in [6, 6.07) is 7.14. The van der Waals surface area contributed by atoms with Crippen LogP contribution in [0.25, 0.3) is 0 Å². The summed E-state index contributed by atoms with van der Waals surface area (Å²) in [7, 11) is 0. The number of fused-ring (bicyclic) bond motifs is 1. The number of anilines is 1. The van der Waals surface area contributed by atoms with Gasteiger partial charge in [-0.05, 0) is 13.0 Å². The molecule has 0 spiro atoms. The van der Waals surface area contributed by atoms with Gasteiger partial charge >= 0.3 is 0 Å². The largest absolute Gasteiger partial charge is 0.372 e. The predicted octanol–water partition coefficient (Wildman–Crippen LogP) is 1.09. The number of aromatic nitrogens is 2. The standard InChI is InChI=1S/C13H13N3O2/c1-2-16-8-9(7-14-16)13(18)10-5-3-4-6-11(10)15-12(13)17/h3-8,18H,2H2,1H3,(H,15,17). The van der Waals surface area contributed by atoms with E-state index in [1.807, 2.05) is 13.0 Å². The van der Waals surface area contributed by atoms with Gasteiger partial charge in [-0.25, -0.2) is 0 Å². The molecule has 1 atom stereocenters. The Morgan fingerprint density at radius 2 is 2.22 bits per heavy atom. The van der Waals surface area contributed by atoms with Crippen molar-refractivity contribution in [2.24, 2.45) is 0 Å². The summed E-state index contributed by atoms with van der Waals surface area (Å²) >= 11 is 0. The third-order valence-corrected chi connectivity index (χ3v) is 3.27. The lowest BCUT2D eigenvalue weighted by molar-refractivity contribution is -0.129. The van der Waals surface area contributed by atoms with Crippen molar-refractivity contribution in [3.05, 3.63) is 47.8 Å². The number of carbonyl (C=O) groups excluding carboxylic acids is 1. The van der Waals surface area contributed by atoms with Crippen molar-refractivity contribution in [1.82, 2.24) is 9.78 Å².